The van der Waals surface area contributed by atoms with E-state index in [0.29, 0.717) is 31.5 Å². The fourth-order valence-electron chi connectivity index (χ4n) is 2.58. The summed E-state index contributed by atoms with van der Waals surface area (Å²) in [5.41, 5.74) is 4.70. The van der Waals surface area contributed by atoms with E-state index in [1.54, 1.807) is 25.7 Å². The molecule has 1 aliphatic rings. The molecule has 1 aromatic rings. The second kappa shape index (κ2) is 7.19. The Morgan fingerprint density at radius 1 is 1.28 bits per heavy atom. The zero-order chi connectivity index (χ0) is 18.8. The molecule has 25 heavy (non-hydrogen) atoms. The number of nitrogens with zero attached hydrogens (tertiary/aromatic N) is 2. The molecule has 140 valence electrons. The molecule has 2 heterocycles. The summed E-state index contributed by atoms with van der Waals surface area (Å²) in [6.07, 6.45) is -3.63. The van der Waals surface area contributed by atoms with Gasteiger partial charge in [0.25, 0.3) is 0 Å². The van der Waals surface area contributed by atoms with Gasteiger partial charge < -0.3 is 15.4 Å². The Kier molecular flexibility index (Phi) is 5.61. The number of nitrogens with two attached hydrogens (primary N) is 1. The number of ether oxygens (including phenoxy) is 1. The van der Waals surface area contributed by atoms with E-state index in [1.165, 1.54) is 6.07 Å². The van der Waals surface area contributed by atoms with Crippen molar-refractivity contribution in [2.24, 2.45) is 11.1 Å². The Balaban J connectivity index is 2.08. The molecule has 0 unspecified atom stereocenters. The molecule has 2 rings (SSSR count). The quantitative estimate of drug-likeness (QED) is 0.840. The summed E-state index contributed by atoms with van der Waals surface area (Å²) in [5.74, 6) is -0.0105. The van der Waals surface area contributed by atoms with Crippen molar-refractivity contribution in [1.29, 1.82) is 0 Å². The number of anilines is 1. The van der Waals surface area contributed by atoms with Crippen molar-refractivity contribution in [3.63, 3.8) is 0 Å². The molecule has 1 aromatic heterocycles. The highest BCUT2D eigenvalue weighted by Gasteiger charge is 2.34. The van der Waals surface area contributed by atoms with Crippen molar-refractivity contribution in [3.8, 4) is 0 Å². The largest absolute Gasteiger partial charge is 0.462 e. The minimum Gasteiger partial charge on any atom is -0.462 e. The Morgan fingerprint density at radius 2 is 1.88 bits per heavy atom. The normalized spacial score (nSPS) is 16.8. The molecule has 5 nitrogen and oxygen atoms in total. The van der Waals surface area contributed by atoms with E-state index in [4.69, 9.17) is 10.5 Å². The number of carbonyl (C=O) groups excluding carboxylic acids is 1. The van der Waals surface area contributed by atoms with Crippen molar-refractivity contribution in [2.75, 3.05) is 18.0 Å². The molecule has 1 saturated heterocycles. The van der Waals surface area contributed by atoms with E-state index in [2.05, 4.69) is 4.98 Å². The molecule has 0 radical (unpaired) electrons. The molecule has 0 saturated carbocycles. The van der Waals surface area contributed by atoms with Crippen LogP contribution in [0.1, 0.15) is 44.9 Å². The lowest BCUT2D eigenvalue weighted by Crippen LogP contribution is -2.40. The Morgan fingerprint density at radius 3 is 2.36 bits per heavy atom. The maximum Gasteiger partial charge on any atom is 0.433 e. The van der Waals surface area contributed by atoms with E-state index in [1.807, 2.05) is 0 Å². The molecule has 0 spiro atoms. The minimum absolute atomic E-state index is 0.111. The van der Waals surface area contributed by atoms with Crippen LogP contribution in [0.2, 0.25) is 0 Å². The average Bonchev–Trinajstić information content (AvgIpc) is 2.53. The zero-order valence-electron chi connectivity index (χ0n) is 14.7. The van der Waals surface area contributed by atoms with Crippen LogP contribution in [0, 0.1) is 5.41 Å². The Bertz CT molecular complexity index is 619. The molecule has 0 amide bonds. The molecule has 1 aliphatic heterocycles. The average molecular weight is 359 g/mol. The summed E-state index contributed by atoms with van der Waals surface area (Å²) >= 11 is 0. The van der Waals surface area contributed by atoms with Crippen molar-refractivity contribution >= 4 is 11.8 Å². The highest BCUT2D eigenvalue weighted by molar-refractivity contribution is 5.75. The van der Waals surface area contributed by atoms with Gasteiger partial charge in [-0.15, -0.1) is 0 Å². The van der Waals surface area contributed by atoms with Crippen LogP contribution >= 0.6 is 0 Å². The first-order chi connectivity index (χ1) is 11.5. The molecule has 2 N–H and O–H groups in total. The summed E-state index contributed by atoms with van der Waals surface area (Å²) in [6.45, 7) is 6.38. The van der Waals surface area contributed by atoms with E-state index in [9.17, 15) is 18.0 Å². The topological polar surface area (TPSA) is 68.5 Å². The van der Waals surface area contributed by atoms with Gasteiger partial charge in [-0.3, -0.25) is 4.79 Å². The summed E-state index contributed by atoms with van der Waals surface area (Å²) in [4.78, 5) is 17.5. The first kappa shape index (κ1) is 19.5. The number of esters is 1. The highest BCUT2D eigenvalue weighted by Crippen LogP contribution is 2.32. The number of pyridine rings is 1. The third kappa shape index (κ3) is 4.84. The number of alkyl halides is 3. The molecule has 0 atom stereocenters. The van der Waals surface area contributed by atoms with E-state index in [-0.39, 0.29) is 24.4 Å². The number of aromatic nitrogens is 1. The fraction of sp³-hybridized carbons (Fsp3) is 0.647. The maximum atomic E-state index is 12.9. The molecule has 0 bridgehead atoms. The van der Waals surface area contributed by atoms with Gasteiger partial charge in [0.1, 0.15) is 17.6 Å². The third-order valence-corrected chi connectivity index (χ3v) is 4.09. The van der Waals surface area contributed by atoms with Crippen molar-refractivity contribution in [2.45, 2.75) is 52.4 Å². The van der Waals surface area contributed by atoms with Crippen LogP contribution in [0.3, 0.4) is 0 Å². The number of hydrogen-bond donors (Lipinski definition) is 1. The number of hydrogen-bond acceptors (Lipinski definition) is 5. The van der Waals surface area contributed by atoms with Gasteiger partial charge in [0.15, 0.2) is 0 Å². The van der Waals surface area contributed by atoms with Crippen LogP contribution in [-0.4, -0.2) is 30.1 Å². The van der Waals surface area contributed by atoms with Gasteiger partial charge in [0.2, 0.25) is 0 Å². The molecule has 1 fully saturated rings. The summed E-state index contributed by atoms with van der Waals surface area (Å²) < 4.78 is 44.2. The first-order valence-corrected chi connectivity index (χ1v) is 8.25. The second-order valence-electron chi connectivity index (χ2n) is 7.22. The zero-order valence-corrected chi connectivity index (χ0v) is 14.7. The molecular formula is C17H24F3N3O2. The molecule has 0 aliphatic carbocycles. The maximum absolute atomic E-state index is 12.9. The van der Waals surface area contributed by atoms with Gasteiger partial charge in [-0.1, -0.05) is 6.07 Å². The van der Waals surface area contributed by atoms with Crippen LogP contribution in [0.4, 0.5) is 19.0 Å². The Labute approximate surface area is 145 Å². The van der Waals surface area contributed by atoms with Crippen LogP contribution < -0.4 is 10.6 Å². The van der Waals surface area contributed by atoms with Crippen LogP contribution in [-0.2, 0) is 22.3 Å². The highest BCUT2D eigenvalue weighted by atomic mass is 19.4. The van der Waals surface area contributed by atoms with Gasteiger partial charge in [-0.25, -0.2) is 4.98 Å². The predicted octanol–water partition coefficient (Wildman–Crippen LogP) is 3.12. The van der Waals surface area contributed by atoms with Crippen LogP contribution in [0.5, 0.6) is 0 Å². The van der Waals surface area contributed by atoms with Gasteiger partial charge in [-0.2, -0.15) is 13.2 Å². The van der Waals surface area contributed by atoms with Gasteiger partial charge in [0, 0.05) is 38.0 Å². The smallest absolute Gasteiger partial charge is 0.433 e. The summed E-state index contributed by atoms with van der Waals surface area (Å²) in [5, 5.41) is 0. The number of halogens is 3. The first-order valence-electron chi connectivity index (χ1n) is 8.25. The monoisotopic (exact) mass is 359 g/mol. The molecular weight excluding hydrogens is 335 g/mol. The fourth-order valence-corrected chi connectivity index (χ4v) is 2.58. The van der Waals surface area contributed by atoms with Gasteiger partial charge in [0.05, 0.1) is 5.41 Å². The molecule has 0 aromatic carbocycles. The van der Waals surface area contributed by atoms with Crippen molar-refractivity contribution in [1.82, 2.24) is 4.98 Å². The standard InChI is InChI=1S/C17H24F3N3O2/c1-16(2,3)15(24)25-12-6-8-23(9-7-12)14-11(10-21)4-5-13(22-14)17(18,19)20/h4-5,12H,6-10,21H2,1-3H3. The Hall–Kier alpha value is -1.83. The van der Waals surface area contributed by atoms with Crippen LogP contribution in [0.15, 0.2) is 12.1 Å². The lowest BCUT2D eigenvalue weighted by molar-refractivity contribution is -0.159. The number of rotatable bonds is 3. The van der Waals surface area contributed by atoms with Crippen LogP contribution in [0.25, 0.3) is 0 Å². The third-order valence-electron chi connectivity index (χ3n) is 4.09. The van der Waals surface area contributed by atoms with Crippen molar-refractivity contribution < 1.29 is 22.7 Å². The second-order valence-corrected chi connectivity index (χ2v) is 7.22. The van der Waals surface area contributed by atoms with E-state index >= 15 is 0 Å². The molecule has 8 heteroatoms. The number of carbonyl (C=O) groups is 1. The predicted molar refractivity (Wildman–Crippen MR) is 87.9 cm³/mol. The van der Waals surface area contributed by atoms with Gasteiger partial charge in [-0.05, 0) is 26.8 Å². The van der Waals surface area contributed by atoms with E-state index in [0.717, 1.165) is 6.07 Å². The lowest BCUT2D eigenvalue weighted by Gasteiger charge is -2.34. The van der Waals surface area contributed by atoms with E-state index < -0.39 is 17.3 Å². The lowest BCUT2D eigenvalue weighted by atomic mass is 9.97. The minimum atomic E-state index is -4.50. The number of piperidine rings is 1. The summed E-state index contributed by atoms with van der Waals surface area (Å²) in [7, 11) is 0. The summed E-state index contributed by atoms with van der Waals surface area (Å²) in [6, 6.07) is 2.32. The van der Waals surface area contributed by atoms with Crippen molar-refractivity contribution in [3.05, 3.63) is 23.4 Å². The van der Waals surface area contributed by atoms with Gasteiger partial charge >= 0.3 is 12.1 Å². The SMILES string of the molecule is CC(C)(C)C(=O)OC1CCN(c2nc(C(F)(F)F)ccc2CN)CC1.